The van der Waals surface area contributed by atoms with Gasteiger partial charge < -0.3 is 4.74 Å². The average Bonchev–Trinajstić information content (AvgIpc) is 2.58. The average molecular weight is 313 g/mol. The number of nitro benzene ring substituents is 1. The van der Waals surface area contributed by atoms with Gasteiger partial charge in [0.25, 0.3) is 11.6 Å². The van der Waals surface area contributed by atoms with Crippen molar-refractivity contribution in [3.63, 3.8) is 0 Å². The molecular formula is C16H15N3O4. The Kier molecular flexibility index (Phi) is 5.81. The number of amides is 1. The summed E-state index contributed by atoms with van der Waals surface area (Å²) >= 11 is 0. The highest BCUT2D eigenvalue weighted by Gasteiger charge is 2.05. The highest BCUT2D eigenvalue weighted by Crippen LogP contribution is 2.16. The number of non-ortho nitro benzene ring substituents is 1. The summed E-state index contributed by atoms with van der Waals surface area (Å²) in [4.78, 5) is 21.6. The number of rotatable bonds is 7. The third-order valence-electron chi connectivity index (χ3n) is 2.87. The van der Waals surface area contributed by atoms with E-state index >= 15 is 0 Å². The van der Waals surface area contributed by atoms with Crippen LogP contribution in [0.4, 0.5) is 5.69 Å². The summed E-state index contributed by atoms with van der Waals surface area (Å²) in [5.41, 5.74) is 3.41. The van der Waals surface area contributed by atoms with E-state index in [2.05, 4.69) is 10.5 Å². The van der Waals surface area contributed by atoms with Gasteiger partial charge in [0.15, 0.2) is 6.61 Å². The van der Waals surface area contributed by atoms with Crippen molar-refractivity contribution >= 4 is 17.8 Å². The Morgan fingerprint density at radius 3 is 2.52 bits per heavy atom. The van der Waals surface area contributed by atoms with E-state index in [0.717, 1.165) is 5.56 Å². The molecule has 0 fully saturated rings. The minimum absolute atomic E-state index is 0.0349. The van der Waals surface area contributed by atoms with Crippen LogP contribution in [0.3, 0.4) is 0 Å². The maximum atomic E-state index is 11.5. The molecule has 0 spiro atoms. The number of hydrazone groups is 1. The molecule has 0 aliphatic rings. The van der Waals surface area contributed by atoms with E-state index in [-0.39, 0.29) is 12.3 Å². The molecule has 0 saturated carbocycles. The summed E-state index contributed by atoms with van der Waals surface area (Å²) in [5, 5.41) is 14.3. The second kappa shape index (κ2) is 8.28. The van der Waals surface area contributed by atoms with Crippen molar-refractivity contribution in [2.75, 3.05) is 6.61 Å². The monoisotopic (exact) mass is 313 g/mol. The third-order valence-corrected chi connectivity index (χ3v) is 2.87. The van der Waals surface area contributed by atoms with Gasteiger partial charge in [-0.05, 0) is 17.7 Å². The first-order valence-corrected chi connectivity index (χ1v) is 6.86. The predicted octanol–water partition coefficient (Wildman–Crippen LogP) is 2.32. The summed E-state index contributed by atoms with van der Waals surface area (Å²) in [6.07, 6.45) is 2.21. The highest BCUT2D eigenvalue weighted by molar-refractivity contribution is 5.78. The van der Waals surface area contributed by atoms with Crippen LogP contribution in [0.25, 0.3) is 0 Å². The molecule has 23 heavy (non-hydrogen) atoms. The van der Waals surface area contributed by atoms with Gasteiger partial charge in [0.1, 0.15) is 5.75 Å². The van der Waals surface area contributed by atoms with Crippen molar-refractivity contribution in [2.45, 2.75) is 6.42 Å². The zero-order valence-corrected chi connectivity index (χ0v) is 12.2. The molecule has 0 radical (unpaired) electrons. The Morgan fingerprint density at radius 2 is 1.87 bits per heavy atom. The normalized spacial score (nSPS) is 10.4. The molecule has 0 unspecified atom stereocenters. The highest BCUT2D eigenvalue weighted by atomic mass is 16.6. The molecule has 0 saturated heterocycles. The standard InChI is InChI=1S/C16H15N3O4/c20-16(18-17-11-10-13-4-2-1-3-5-13)12-23-15-8-6-14(7-9-15)19(21)22/h1-9,11H,10,12H2,(H,18,20)/b17-11+. The van der Waals surface area contributed by atoms with Crippen molar-refractivity contribution < 1.29 is 14.5 Å². The van der Waals surface area contributed by atoms with Crippen LogP contribution < -0.4 is 10.2 Å². The van der Waals surface area contributed by atoms with Crippen molar-refractivity contribution in [1.82, 2.24) is 5.43 Å². The number of benzene rings is 2. The number of nitrogens with one attached hydrogen (secondary N) is 1. The van der Waals surface area contributed by atoms with Gasteiger partial charge in [0, 0.05) is 24.8 Å². The molecule has 1 N–H and O–H groups in total. The Balaban J connectivity index is 1.71. The predicted molar refractivity (Wildman–Crippen MR) is 85.4 cm³/mol. The van der Waals surface area contributed by atoms with E-state index in [1.54, 1.807) is 6.21 Å². The van der Waals surface area contributed by atoms with Crippen LogP contribution in [-0.2, 0) is 11.2 Å². The number of hydrogen-bond donors (Lipinski definition) is 1. The van der Waals surface area contributed by atoms with Gasteiger partial charge >= 0.3 is 0 Å². The van der Waals surface area contributed by atoms with Gasteiger partial charge in [-0.2, -0.15) is 5.10 Å². The minimum atomic E-state index is -0.502. The number of nitro groups is 1. The molecule has 0 bridgehead atoms. The lowest BCUT2D eigenvalue weighted by molar-refractivity contribution is -0.384. The Bertz CT molecular complexity index is 684. The first-order chi connectivity index (χ1) is 11.1. The maximum absolute atomic E-state index is 11.5. The lowest BCUT2D eigenvalue weighted by Crippen LogP contribution is -2.24. The Morgan fingerprint density at radius 1 is 1.17 bits per heavy atom. The quantitative estimate of drug-likeness (QED) is 0.482. The van der Waals surface area contributed by atoms with Crippen molar-refractivity contribution in [2.24, 2.45) is 5.10 Å². The van der Waals surface area contributed by atoms with Gasteiger partial charge in [0.05, 0.1) is 4.92 Å². The number of hydrogen-bond acceptors (Lipinski definition) is 5. The van der Waals surface area contributed by atoms with Crippen molar-refractivity contribution in [3.05, 3.63) is 70.3 Å². The van der Waals surface area contributed by atoms with Crippen LogP contribution in [0.5, 0.6) is 5.75 Å². The summed E-state index contributed by atoms with van der Waals surface area (Å²) in [5.74, 6) is -0.0355. The lowest BCUT2D eigenvalue weighted by Gasteiger charge is -2.04. The first kappa shape index (κ1) is 16.2. The molecule has 0 heterocycles. The SMILES string of the molecule is O=C(COc1ccc([N+](=O)[O-])cc1)N/N=C/Cc1ccccc1. The van der Waals surface area contributed by atoms with E-state index in [4.69, 9.17) is 4.74 Å². The summed E-state index contributed by atoms with van der Waals surface area (Å²) in [6.45, 7) is -0.222. The maximum Gasteiger partial charge on any atom is 0.277 e. The number of carbonyl (C=O) groups excluding carboxylic acids is 1. The van der Waals surface area contributed by atoms with Crippen LogP contribution >= 0.6 is 0 Å². The summed E-state index contributed by atoms with van der Waals surface area (Å²) < 4.78 is 5.21. The number of nitrogens with zero attached hydrogens (tertiary/aromatic N) is 2. The molecule has 7 nitrogen and oxygen atoms in total. The van der Waals surface area contributed by atoms with Crippen LogP contribution in [-0.4, -0.2) is 23.7 Å². The summed E-state index contributed by atoms with van der Waals surface area (Å²) in [7, 11) is 0. The van der Waals surface area contributed by atoms with Crippen molar-refractivity contribution in [3.8, 4) is 5.75 Å². The molecule has 0 aliphatic carbocycles. The largest absolute Gasteiger partial charge is 0.484 e. The lowest BCUT2D eigenvalue weighted by atomic mass is 10.2. The molecular weight excluding hydrogens is 298 g/mol. The molecule has 2 rings (SSSR count). The molecule has 7 heteroatoms. The fourth-order valence-electron chi connectivity index (χ4n) is 1.73. The van der Waals surface area contributed by atoms with Crippen LogP contribution in [0.1, 0.15) is 5.56 Å². The number of ether oxygens (including phenoxy) is 1. The van der Waals surface area contributed by atoms with E-state index in [0.29, 0.717) is 12.2 Å². The van der Waals surface area contributed by atoms with E-state index < -0.39 is 10.8 Å². The minimum Gasteiger partial charge on any atom is -0.484 e. The van der Waals surface area contributed by atoms with Gasteiger partial charge in [-0.3, -0.25) is 14.9 Å². The molecule has 0 aliphatic heterocycles. The van der Waals surface area contributed by atoms with Gasteiger partial charge in [-0.1, -0.05) is 30.3 Å². The second-order valence-electron chi connectivity index (χ2n) is 4.58. The molecule has 118 valence electrons. The first-order valence-electron chi connectivity index (χ1n) is 6.86. The number of carbonyl (C=O) groups is 1. The second-order valence-corrected chi connectivity index (χ2v) is 4.58. The smallest absolute Gasteiger partial charge is 0.277 e. The zero-order chi connectivity index (χ0) is 16.5. The van der Waals surface area contributed by atoms with Gasteiger partial charge in [-0.25, -0.2) is 5.43 Å². The van der Waals surface area contributed by atoms with Crippen LogP contribution in [0.15, 0.2) is 59.7 Å². The van der Waals surface area contributed by atoms with E-state index in [1.165, 1.54) is 24.3 Å². The topological polar surface area (TPSA) is 93.8 Å². The van der Waals surface area contributed by atoms with Crippen molar-refractivity contribution in [1.29, 1.82) is 0 Å². The molecule has 0 atom stereocenters. The molecule has 2 aromatic carbocycles. The van der Waals surface area contributed by atoms with Gasteiger partial charge in [0.2, 0.25) is 0 Å². The molecule has 2 aromatic rings. The van der Waals surface area contributed by atoms with Crippen LogP contribution in [0.2, 0.25) is 0 Å². The fraction of sp³-hybridized carbons (Fsp3) is 0.125. The van der Waals surface area contributed by atoms with E-state index in [9.17, 15) is 14.9 Å². The third kappa shape index (κ3) is 5.58. The zero-order valence-electron chi connectivity index (χ0n) is 12.2. The fourth-order valence-corrected chi connectivity index (χ4v) is 1.73. The summed E-state index contributed by atoms with van der Waals surface area (Å²) in [6, 6.07) is 15.2. The Hall–Kier alpha value is -3.22. The van der Waals surface area contributed by atoms with Gasteiger partial charge in [-0.15, -0.1) is 0 Å². The molecule has 0 aromatic heterocycles. The molecule has 1 amide bonds. The Labute approximate surface area is 132 Å². The van der Waals surface area contributed by atoms with Crippen LogP contribution in [0, 0.1) is 10.1 Å². The van der Waals surface area contributed by atoms with E-state index in [1.807, 2.05) is 30.3 Å².